The summed E-state index contributed by atoms with van der Waals surface area (Å²) >= 11 is 0. The number of nitrogens with one attached hydrogen (secondary N) is 1. The SMILES string of the molecule is CCCCCN(C(=O)c1ccc([N+](=O)[O-])c(C)c1)c1c(N)n(CCCC)c(=O)[nH]c1=O. The highest BCUT2D eigenvalue weighted by atomic mass is 16.6. The molecule has 1 aromatic heterocycles. The van der Waals surface area contributed by atoms with Gasteiger partial charge >= 0.3 is 5.69 Å². The summed E-state index contributed by atoms with van der Waals surface area (Å²) in [6, 6.07) is 4.05. The van der Waals surface area contributed by atoms with Gasteiger partial charge in [-0.3, -0.25) is 29.3 Å². The van der Waals surface area contributed by atoms with Crippen LogP contribution >= 0.6 is 0 Å². The van der Waals surface area contributed by atoms with Gasteiger partial charge in [-0.15, -0.1) is 0 Å². The Labute approximate surface area is 179 Å². The Hall–Kier alpha value is -3.43. The van der Waals surface area contributed by atoms with E-state index in [1.165, 1.54) is 27.7 Å². The van der Waals surface area contributed by atoms with Crippen LogP contribution in [0.2, 0.25) is 0 Å². The number of aryl methyl sites for hydroxylation is 1. The molecule has 0 unspecified atom stereocenters. The van der Waals surface area contributed by atoms with Gasteiger partial charge in [0.05, 0.1) is 4.92 Å². The van der Waals surface area contributed by atoms with Crippen molar-refractivity contribution in [3.05, 3.63) is 60.3 Å². The second-order valence-electron chi connectivity index (χ2n) is 7.42. The first-order chi connectivity index (χ1) is 14.7. The number of aromatic amines is 1. The topological polar surface area (TPSA) is 144 Å². The first-order valence-corrected chi connectivity index (χ1v) is 10.4. The zero-order chi connectivity index (χ0) is 23.1. The number of nitrogens with two attached hydrogens (primary N) is 1. The van der Waals surface area contributed by atoms with Crippen LogP contribution in [-0.4, -0.2) is 26.9 Å². The fourth-order valence-corrected chi connectivity index (χ4v) is 3.36. The Balaban J connectivity index is 2.58. The third-order valence-corrected chi connectivity index (χ3v) is 5.09. The highest BCUT2D eigenvalue weighted by Crippen LogP contribution is 2.24. The van der Waals surface area contributed by atoms with Gasteiger partial charge in [0, 0.05) is 30.3 Å². The molecule has 10 heteroatoms. The van der Waals surface area contributed by atoms with E-state index in [9.17, 15) is 24.5 Å². The van der Waals surface area contributed by atoms with E-state index in [2.05, 4.69) is 4.98 Å². The summed E-state index contributed by atoms with van der Waals surface area (Å²) < 4.78 is 1.27. The molecule has 1 heterocycles. The molecule has 0 fully saturated rings. The third-order valence-electron chi connectivity index (χ3n) is 5.09. The van der Waals surface area contributed by atoms with Gasteiger partial charge in [0.25, 0.3) is 17.2 Å². The second-order valence-corrected chi connectivity index (χ2v) is 7.42. The number of nitro benzene ring substituents is 1. The number of unbranched alkanes of at least 4 members (excludes halogenated alkanes) is 3. The number of anilines is 2. The normalized spacial score (nSPS) is 10.8. The van der Waals surface area contributed by atoms with Gasteiger partial charge < -0.3 is 10.6 Å². The number of hydrogen-bond acceptors (Lipinski definition) is 6. The van der Waals surface area contributed by atoms with E-state index in [0.717, 1.165) is 19.3 Å². The monoisotopic (exact) mass is 431 g/mol. The molecule has 10 nitrogen and oxygen atoms in total. The molecule has 0 saturated heterocycles. The number of carbonyl (C=O) groups is 1. The molecule has 2 rings (SSSR count). The predicted octanol–water partition coefficient (Wildman–Crippen LogP) is 2.97. The first-order valence-electron chi connectivity index (χ1n) is 10.4. The Kier molecular flexibility index (Phi) is 8.12. The number of nitrogens with zero attached hydrogens (tertiary/aromatic N) is 3. The van der Waals surface area contributed by atoms with Crippen LogP contribution in [0.15, 0.2) is 27.8 Å². The van der Waals surface area contributed by atoms with Gasteiger partial charge in [0.2, 0.25) is 0 Å². The minimum absolute atomic E-state index is 0.0642. The maximum atomic E-state index is 13.3. The largest absolute Gasteiger partial charge is 0.383 e. The summed E-state index contributed by atoms with van der Waals surface area (Å²) in [6.07, 6.45) is 3.86. The smallest absolute Gasteiger partial charge is 0.330 e. The molecule has 168 valence electrons. The van der Waals surface area contributed by atoms with E-state index in [-0.39, 0.29) is 29.3 Å². The van der Waals surface area contributed by atoms with Crippen molar-refractivity contribution in [3.63, 3.8) is 0 Å². The van der Waals surface area contributed by atoms with Crippen LogP contribution in [-0.2, 0) is 6.54 Å². The van der Waals surface area contributed by atoms with Crippen molar-refractivity contribution < 1.29 is 9.72 Å². The highest BCUT2D eigenvalue weighted by Gasteiger charge is 2.26. The van der Waals surface area contributed by atoms with Crippen LogP contribution in [0.1, 0.15) is 61.9 Å². The van der Waals surface area contributed by atoms with Crippen molar-refractivity contribution in [3.8, 4) is 0 Å². The number of benzene rings is 1. The summed E-state index contributed by atoms with van der Waals surface area (Å²) in [5.41, 5.74) is 5.20. The van der Waals surface area contributed by atoms with Gasteiger partial charge in [-0.05, 0) is 31.9 Å². The highest BCUT2D eigenvalue weighted by molar-refractivity contribution is 6.07. The quantitative estimate of drug-likeness (QED) is 0.336. The zero-order valence-corrected chi connectivity index (χ0v) is 18.1. The molecule has 0 spiro atoms. The van der Waals surface area contributed by atoms with Gasteiger partial charge in [-0.25, -0.2) is 4.79 Å². The average molecular weight is 431 g/mol. The Morgan fingerprint density at radius 2 is 1.87 bits per heavy atom. The van der Waals surface area contributed by atoms with E-state index in [0.29, 0.717) is 24.9 Å². The lowest BCUT2D eigenvalue weighted by Gasteiger charge is -2.25. The molecule has 1 amide bonds. The van der Waals surface area contributed by atoms with E-state index >= 15 is 0 Å². The number of rotatable bonds is 10. The lowest BCUT2D eigenvalue weighted by Crippen LogP contribution is -2.41. The van der Waals surface area contributed by atoms with Crippen molar-refractivity contribution in [2.24, 2.45) is 0 Å². The minimum Gasteiger partial charge on any atom is -0.383 e. The average Bonchev–Trinajstić information content (AvgIpc) is 2.71. The predicted molar refractivity (Wildman–Crippen MR) is 120 cm³/mol. The van der Waals surface area contributed by atoms with Crippen LogP contribution in [0.5, 0.6) is 0 Å². The summed E-state index contributed by atoms with van der Waals surface area (Å²) in [6.45, 7) is 6.06. The second kappa shape index (κ2) is 10.6. The molecular formula is C21H29N5O5. The summed E-state index contributed by atoms with van der Waals surface area (Å²) in [5.74, 6) is -0.572. The molecule has 3 N–H and O–H groups in total. The van der Waals surface area contributed by atoms with E-state index < -0.39 is 22.1 Å². The number of nitrogen functional groups attached to an aromatic ring is 1. The van der Waals surface area contributed by atoms with Crippen molar-refractivity contribution in [2.45, 2.75) is 59.4 Å². The van der Waals surface area contributed by atoms with Gasteiger partial charge in [0.1, 0.15) is 5.82 Å². The Morgan fingerprint density at radius 3 is 2.45 bits per heavy atom. The number of H-pyrrole nitrogens is 1. The van der Waals surface area contributed by atoms with Crippen LogP contribution in [0.25, 0.3) is 0 Å². The van der Waals surface area contributed by atoms with E-state index in [1.54, 1.807) is 6.92 Å². The van der Waals surface area contributed by atoms with Crippen molar-refractivity contribution >= 4 is 23.1 Å². The van der Waals surface area contributed by atoms with Crippen LogP contribution in [0.4, 0.5) is 17.2 Å². The van der Waals surface area contributed by atoms with E-state index in [1.807, 2.05) is 13.8 Å². The molecular weight excluding hydrogens is 402 g/mol. The Bertz CT molecular complexity index is 1070. The molecule has 0 radical (unpaired) electrons. The van der Waals surface area contributed by atoms with Gasteiger partial charge in [-0.1, -0.05) is 33.1 Å². The fraction of sp³-hybridized carbons (Fsp3) is 0.476. The number of carbonyl (C=O) groups excluding carboxylic acids is 1. The minimum atomic E-state index is -0.737. The number of hydrogen-bond donors (Lipinski definition) is 2. The lowest BCUT2D eigenvalue weighted by molar-refractivity contribution is -0.385. The van der Waals surface area contributed by atoms with Crippen molar-refractivity contribution in [1.29, 1.82) is 0 Å². The molecule has 0 aliphatic heterocycles. The maximum absolute atomic E-state index is 13.3. The zero-order valence-electron chi connectivity index (χ0n) is 18.1. The third kappa shape index (κ3) is 5.39. The summed E-state index contributed by atoms with van der Waals surface area (Å²) in [5, 5.41) is 11.1. The molecule has 0 saturated carbocycles. The van der Waals surface area contributed by atoms with E-state index in [4.69, 9.17) is 5.73 Å². The molecule has 0 bridgehead atoms. The molecule has 0 aliphatic carbocycles. The van der Waals surface area contributed by atoms with Crippen LogP contribution < -0.4 is 21.9 Å². The standard InChI is InChI=1S/C21H29N5O5/c1-4-6-8-12-24(20(28)15-9-10-16(26(30)31)14(3)13-15)17-18(22)25(11-7-5-2)21(29)23-19(17)27/h9-10,13H,4-8,11-12,22H2,1-3H3,(H,23,27,29). The summed E-state index contributed by atoms with van der Waals surface area (Å²) in [7, 11) is 0. The maximum Gasteiger partial charge on any atom is 0.330 e. The first kappa shape index (κ1) is 23.8. The molecule has 0 atom stereocenters. The van der Waals surface area contributed by atoms with Crippen molar-refractivity contribution in [1.82, 2.24) is 9.55 Å². The van der Waals surface area contributed by atoms with Gasteiger partial charge in [-0.2, -0.15) is 0 Å². The number of amides is 1. The summed E-state index contributed by atoms with van der Waals surface area (Å²) in [4.78, 5) is 52.4. The number of nitro groups is 1. The number of aromatic nitrogens is 2. The molecule has 2 aromatic rings. The van der Waals surface area contributed by atoms with Crippen LogP contribution in [0, 0.1) is 17.0 Å². The lowest BCUT2D eigenvalue weighted by atomic mass is 10.1. The molecule has 31 heavy (non-hydrogen) atoms. The van der Waals surface area contributed by atoms with Crippen LogP contribution in [0.3, 0.4) is 0 Å². The van der Waals surface area contributed by atoms with Gasteiger partial charge in [0.15, 0.2) is 5.69 Å². The van der Waals surface area contributed by atoms with Crippen molar-refractivity contribution in [2.75, 3.05) is 17.2 Å². The Morgan fingerprint density at radius 1 is 1.19 bits per heavy atom. The molecule has 1 aromatic carbocycles. The fourth-order valence-electron chi connectivity index (χ4n) is 3.36. The molecule has 0 aliphatic rings.